The molecule has 0 aromatic heterocycles. The second kappa shape index (κ2) is 16.4. The third-order valence-electron chi connectivity index (χ3n) is 10.2. The third-order valence-corrected chi connectivity index (χ3v) is 10.2. The first-order chi connectivity index (χ1) is 24.3. The van der Waals surface area contributed by atoms with Crippen LogP contribution in [0, 0.1) is 5.92 Å². The number of aromatic hydroxyl groups is 2. The lowest BCUT2D eigenvalue weighted by molar-refractivity contribution is -0.317. The summed E-state index contributed by atoms with van der Waals surface area (Å²) >= 11 is 0. The summed E-state index contributed by atoms with van der Waals surface area (Å²) in [6.07, 6.45) is 16.5. The zero-order valence-corrected chi connectivity index (χ0v) is 28.9. The van der Waals surface area contributed by atoms with E-state index in [1.165, 1.54) is 12.0 Å². The minimum absolute atomic E-state index is 0.0300. The molecule has 0 bridgehead atoms. The molecule has 3 atom stereocenters. The van der Waals surface area contributed by atoms with E-state index in [1.807, 2.05) is 24.3 Å². The molecule has 2 heterocycles. The van der Waals surface area contributed by atoms with E-state index in [-0.39, 0.29) is 41.0 Å². The van der Waals surface area contributed by atoms with Gasteiger partial charge in [0.05, 0.1) is 12.8 Å². The molecule has 3 aliphatic rings. The van der Waals surface area contributed by atoms with E-state index in [0.29, 0.717) is 49.2 Å². The molecule has 6 rings (SSSR count). The summed E-state index contributed by atoms with van der Waals surface area (Å²) in [4.78, 5) is 16.5. The Balaban J connectivity index is 1.19. The van der Waals surface area contributed by atoms with E-state index in [2.05, 4.69) is 29.4 Å². The highest BCUT2D eigenvalue weighted by atomic mass is 16.5. The lowest BCUT2D eigenvalue weighted by Gasteiger charge is -2.40. The number of nitrogens with zero attached hydrogens (tertiary/aromatic N) is 1. The number of hydrogen-bond acceptors (Lipinski definition) is 8. The highest BCUT2D eigenvalue weighted by Gasteiger charge is 2.34. The molecule has 3 aromatic rings. The molecule has 0 amide bonds. The molecule has 0 saturated carbocycles. The largest absolute Gasteiger partial charge is 0.875 e. The molecule has 8 heteroatoms. The van der Waals surface area contributed by atoms with Crippen LogP contribution in [0.25, 0.3) is 0 Å². The average molecular weight is 675 g/mol. The maximum Gasteiger partial charge on any atom is 0.161 e. The number of rotatable bonds is 14. The second-order valence-corrected chi connectivity index (χ2v) is 13.6. The van der Waals surface area contributed by atoms with Gasteiger partial charge in [0.15, 0.2) is 17.3 Å². The van der Waals surface area contributed by atoms with Gasteiger partial charge in [-0.2, -0.15) is 0 Å². The van der Waals surface area contributed by atoms with Crippen molar-refractivity contribution in [3.63, 3.8) is 0 Å². The lowest BCUT2D eigenvalue weighted by atomic mass is 9.69. The van der Waals surface area contributed by atoms with Crippen LogP contribution < -0.4 is 20.9 Å². The number of carbonyl (C=O) groups excluding carboxylic acids is 1. The molecule has 8 nitrogen and oxygen atoms in total. The average Bonchev–Trinajstić information content (AvgIpc) is 3.67. The fourth-order valence-corrected chi connectivity index (χ4v) is 7.42. The Hall–Kier alpha value is -4.66. The molecule has 0 saturated heterocycles. The van der Waals surface area contributed by atoms with Crippen molar-refractivity contribution in [3.05, 3.63) is 123 Å². The molecule has 0 unspecified atom stereocenters. The fraction of sp³-hybridized carbons (Fsp3) is 0.381. The van der Waals surface area contributed by atoms with Crippen molar-refractivity contribution in [2.45, 2.75) is 83.2 Å². The molecule has 2 aliphatic heterocycles. The predicted molar refractivity (Wildman–Crippen MR) is 195 cm³/mol. The Morgan fingerprint density at radius 2 is 1.78 bits per heavy atom. The van der Waals surface area contributed by atoms with Gasteiger partial charge in [-0.3, -0.25) is 15.1 Å². The normalized spacial score (nSPS) is 20.6. The smallest absolute Gasteiger partial charge is 0.161 e. The van der Waals surface area contributed by atoms with Crippen molar-refractivity contribution >= 4 is 12.0 Å². The summed E-state index contributed by atoms with van der Waals surface area (Å²) in [6, 6.07) is 15.2. The molecular weight excluding hydrogens is 626 g/mol. The minimum Gasteiger partial charge on any atom is -0.875 e. The number of aryl methyl sites for hydroxylation is 2. The predicted octanol–water partition coefficient (Wildman–Crippen LogP) is 6.37. The lowest BCUT2D eigenvalue weighted by Crippen LogP contribution is -2.36. The first kappa shape index (κ1) is 35.2. The molecule has 3 aromatic carbocycles. The zero-order valence-electron chi connectivity index (χ0n) is 28.9. The number of aliphatic imine (C=N–C) groups is 1. The van der Waals surface area contributed by atoms with E-state index in [0.717, 1.165) is 66.5 Å². The number of phenols is 2. The highest BCUT2D eigenvalue weighted by Crippen LogP contribution is 2.47. The van der Waals surface area contributed by atoms with E-state index >= 15 is 0 Å². The van der Waals surface area contributed by atoms with Crippen molar-refractivity contribution in [2.75, 3.05) is 13.2 Å². The van der Waals surface area contributed by atoms with Crippen LogP contribution in [-0.2, 0) is 30.5 Å². The van der Waals surface area contributed by atoms with Crippen molar-refractivity contribution in [1.82, 2.24) is 5.32 Å². The van der Waals surface area contributed by atoms with Gasteiger partial charge < -0.3 is 25.8 Å². The van der Waals surface area contributed by atoms with Gasteiger partial charge in [-0.25, -0.2) is 0 Å². The number of hydrogen-bond donors (Lipinski definition) is 4. The van der Waals surface area contributed by atoms with Crippen LogP contribution in [0.15, 0.2) is 89.3 Å². The van der Waals surface area contributed by atoms with Crippen molar-refractivity contribution in [2.24, 2.45) is 16.6 Å². The first-order valence-corrected chi connectivity index (χ1v) is 18.0. The van der Waals surface area contributed by atoms with Crippen LogP contribution in [0.5, 0.6) is 17.2 Å². The van der Waals surface area contributed by atoms with Crippen molar-refractivity contribution in [1.29, 1.82) is 0 Å². The van der Waals surface area contributed by atoms with Gasteiger partial charge in [0.1, 0.15) is 5.75 Å². The van der Waals surface area contributed by atoms with Gasteiger partial charge >= 0.3 is 0 Å². The number of allylic oxidation sites excluding steroid dienone is 5. The van der Waals surface area contributed by atoms with E-state index < -0.39 is 0 Å². The molecule has 1 aliphatic carbocycles. The minimum atomic E-state index is -0.361. The van der Waals surface area contributed by atoms with Crippen molar-refractivity contribution in [3.8, 4) is 17.2 Å². The third kappa shape index (κ3) is 8.20. The van der Waals surface area contributed by atoms with Gasteiger partial charge in [-0.05, 0) is 114 Å². The Labute approximate surface area is 295 Å². The maximum absolute atomic E-state index is 13.9. The van der Waals surface area contributed by atoms with Crippen LogP contribution in [-0.4, -0.2) is 35.4 Å². The van der Waals surface area contributed by atoms with Crippen LogP contribution in [0.3, 0.4) is 0 Å². The quantitative estimate of drug-likeness (QED) is 0.0886. The molecule has 262 valence electrons. The standard InChI is InChI=1S/C42H49N3O5/c1-2-3-4-5-6-7-32(46)12-8-27-10-15-38(48)39(23-27)50-21-18-28-9-14-37(47)36(22-28)40-33(41(49)31-16-19-44-26-31)13-11-29-25-35-30(24-34(29)40)17-20-45-42(35)43/h6-7,9-10,14-16,19,22-26,33,40,42,45,47-49H,2-5,8,11-13,17-18,20-21,43H2,1H3/p-1/b7-6+,41-31?/t33-,40-,42-/m1/s1. The molecule has 0 fully saturated rings. The van der Waals surface area contributed by atoms with Gasteiger partial charge in [0.25, 0.3) is 0 Å². The summed E-state index contributed by atoms with van der Waals surface area (Å²) in [7, 11) is 0. The van der Waals surface area contributed by atoms with Crippen molar-refractivity contribution < 1.29 is 24.9 Å². The Bertz CT molecular complexity index is 1810. The maximum atomic E-state index is 13.9. The molecule has 50 heavy (non-hydrogen) atoms. The van der Waals surface area contributed by atoms with E-state index in [9.17, 15) is 20.1 Å². The number of carbonyl (C=O) groups is 1. The van der Waals surface area contributed by atoms with E-state index in [4.69, 9.17) is 10.5 Å². The van der Waals surface area contributed by atoms with Gasteiger partial charge in [0.2, 0.25) is 0 Å². The zero-order chi connectivity index (χ0) is 35.0. The van der Waals surface area contributed by atoms with Gasteiger partial charge in [-0.15, -0.1) is 5.76 Å². The Morgan fingerprint density at radius 3 is 2.58 bits per heavy atom. The highest BCUT2D eigenvalue weighted by molar-refractivity contribution is 5.89. The molecule has 5 N–H and O–H groups in total. The van der Waals surface area contributed by atoms with Crippen LogP contribution in [0.1, 0.15) is 96.5 Å². The number of fused-ring (bicyclic) bond motifs is 2. The Morgan fingerprint density at radius 1 is 1.00 bits per heavy atom. The van der Waals surface area contributed by atoms with Crippen LogP contribution in [0.4, 0.5) is 0 Å². The number of nitrogens with one attached hydrogen (secondary N) is 1. The van der Waals surface area contributed by atoms with E-state index in [1.54, 1.807) is 42.8 Å². The van der Waals surface area contributed by atoms with Gasteiger partial charge in [0, 0.05) is 43.3 Å². The summed E-state index contributed by atoms with van der Waals surface area (Å²) in [5.41, 5.74) is 14.1. The Kier molecular flexibility index (Phi) is 11.5. The number of nitrogens with two attached hydrogens (primary N) is 1. The molecule has 0 radical (unpaired) electrons. The monoisotopic (exact) mass is 674 g/mol. The first-order valence-electron chi connectivity index (χ1n) is 18.0. The summed E-state index contributed by atoms with van der Waals surface area (Å²) in [6.45, 7) is 3.24. The summed E-state index contributed by atoms with van der Waals surface area (Å²) < 4.78 is 6.05. The SMILES string of the molecule is CCCCC/C=C/C(=O)CCc1ccc(O)c(OCCc2ccc(O)c([C@H]3c4cc5c(cc4CC[C@H]3C([O-])=C3C=CN=C3)[C@H](N)NCC5)c2)c1. The van der Waals surface area contributed by atoms with Gasteiger partial charge in [-0.1, -0.05) is 56.2 Å². The molecule has 0 spiro atoms. The number of phenolic OH excluding ortho intramolecular Hbond substituents is 2. The second-order valence-electron chi connectivity index (χ2n) is 13.6. The fourth-order valence-electron chi connectivity index (χ4n) is 7.42. The topological polar surface area (TPSA) is 140 Å². The van der Waals surface area contributed by atoms with Crippen LogP contribution >= 0.6 is 0 Å². The number of ketones is 1. The number of benzene rings is 3. The number of unbranched alkanes of at least 4 members (excludes halogenated alkanes) is 3. The number of ether oxygens (including phenoxy) is 1. The summed E-state index contributed by atoms with van der Waals surface area (Å²) in [5, 5.41) is 39.1. The summed E-state index contributed by atoms with van der Waals surface area (Å²) in [5.74, 6) is -0.00936. The molecular formula is C42H48N3O5-. The van der Waals surface area contributed by atoms with Crippen LogP contribution in [0.2, 0.25) is 0 Å².